The molecule has 0 saturated carbocycles. The van der Waals surface area contributed by atoms with E-state index in [2.05, 4.69) is 15.0 Å². The Hall–Kier alpha value is -1.86. The third-order valence-corrected chi connectivity index (χ3v) is 3.24. The average molecular weight is 262 g/mol. The molecule has 0 aliphatic heterocycles. The van der Waals surface area contributed by atoms with Gasteiger partial charge in [-0.3, -0.25) is 0 Å². The summed E-state index contributed by atoms with van der Waals surface area (Å²) in [5.41, 5.74) is 18.8. The highest BCUT2D eigenvalue weighted by molar-refractivity contribution is 7.99. The Bertz CT molecular complexity index is 551. The zero-order chi connectivity index (χ0) is 13.1. The second-order valence-corrected chi connectivity index (χ2v) is 4.73. The summed E-state index contributed by atoms with van der Waals surface area (Å²) in [6.07, 6.45) is 1.74. The van der Waals surface area contributed by atoms with E-state index in [1.165, 1.54) is 17.8 Å². The van der Waals surface area contributed by atoms with Crippen LogP contribution >= 0.6 is 11.8 Å². The van der Waals surface area contributed by atoms with Crippen LogP contribution in [0.2, 0.25) is 0 Å². The summed E-state index contributed by atoms with van der Waals surface area (Å²) in [4.78, 5) is 12.5. The maximum absolute atomic E-state index is 5.62. The molecule has 0 aliphatic rings. The summed E-state index contributed by atoms with van der Waals surface area (Å²) < 4.78 is 0. The van der Waals surface area contributed by atoms with Gasteiger partial charge in [0.1, 0.15) is 16.7 Å². The first-order valence-electron chi connectivity index (χ1n) is 5.32. The van der Waals surface area contributed by atoms with E-state index in [0.29, 0.717) is 23.3 Å². The van der Waals surface area contributed by atoms with Gasteiger partial charge in [0, 0.05) is 18.8 Å². The minimum absolute atomic E-state index is 0.348. The van der Waals surface area contributed by atoms with Crippen LogP contribution in [0.4, 0.5) is 11.6 Å². The molecular formula is C11H14N6S. The highest BCUT2D eigenvalue weighted by Gasteiger charge is 2.07. The van der Waals surface area contributed by atoms with Crippen LogP contribution in [0, 0.1) is 6.92 Å². The molecule has 6 N–H and O–H groups in total. The molecule has 0 bridgehead atoms. The standard InChI is InChI=1S/C11H14N6S/c1-6-2-7(4-12)5-15-10(6)18-11-16-8(13)3-9(14)17-11/h2-3,5H,4,12H2,1H3,(H4,13,14,16,17). The van der Waals surface area contributed by atoms with Crippen molar-refractivity contribution in [2.75, 3.05) is 11.5 Å². The van der Waals surface area contributed by atoms with Crippen LogP contribution in [-0.2, 0) is 6.54 Å². The predicted octanol–water partition coefficient (Wildman–Crippen LogP) is 0.954. The van der Waals surface area contributed by atoms with Gasteiger partial charge in [0.05, 0.1) is 0 Å². The van der Waals surface area contributed by atoms with Gasteiger partial charge in [0.25, 0.3) is 0 Å². The number of rotatable bonds is 3. The van der Waals surface area contributed by atoms with Gasteiger partial charge < -0.3 is 17.2 Å². The van der Waals surface area contributed by atoms with Crippen molar-refractivity contribution in [3.8, 4) is 0 Å². The third-order valence-electron chi connectivity index (χ3n) is 2.26. The number of aryl methyl sites for hydroxylation is 1. The van der Waals surface area contributed by atoms with Crippen molar-refractivity contribution in [2.45, 2.75) is 23.7 Å². The molecule has 0 fully saturated rings. The monoisotopic (exact) mass is 262 g/mol. The Labute approximate surface area is 109 Å². The summed E-state index contributed by atoms with van der Waals surface area (Å²) in [6.45, 7) is 2.44. The Kier molecular flexibility index (Phi) is 3.63. The molecule has 18 heavy (non-hydrogen) atoms. The molecule has 2 heterocycles. The highest BCUT2D eigenvalue weighted by atomic mass is 32.2. The van der Waals surface area contributed by atoms with E-state index in [4.69, 9.17) is 17.2 Å². The number of nitrogens with zero attached hydrogens (tertiary/aromatic N) is 3. The Balaban J connectivity index is 2.28. The lowest BCUT2D eigenvalue weighted by Crippen LogP contribution is -2.01. The molecule has 0 amide bonds. The van der Waals surface area contributed by atoms with E-state index >= 15 is 0 Å². The van der Waals surface area contributed by atoms with Crippen LogP contribution in [0.5, 0.6) is 0 Å². The molecule has 0 radical (unpaired) electrons. The second kappa shape index (κ2) is 5.19. The molecule has 0 aliphatic carbocycles. The number of anilines is 2. The molecule has 0 unspecified atom stereocenters. The molecule has 0 saturated heterocycles. The number of hydrogen-bond donors (Lipinski definition) is 3. The van der Waals surface area contributed by atoms with E-state index < -0.39 is 0 Å². The fraction of sp³-hybridized carbons (Fsp3) is 0.182. The molecule has 2 rings (SSSR count). The molecule has 0 aromatic carbocycles. The smallest absolute Gasteiger partial charge is 0.197 e. The van der Waals surface area contributed by atoms with E-state index in [1.807, 2.05) is 13.0 Å². The summed E-state index contributed by atoms with van der Waals surface area (Å²) in [5.74, 6) is 0.697. The third kappa shape index (κ3) is 2.88. The minimum atomic E-state index is 0.348. The van der Waals surface area contributed by atoms with Crippen LogP contribution in [0.1, 0.15) is 11.1 Å². The first-order chi connectivity index (χ1) is 8.58. The fourth-order valence-electron chi connectivity index (χ4n) is 1.43. The van der Waals surface area contributed by atoms with Gasteiger partial charge in [0.2, 0.25) is 0 Å². The van der Waals surface area contributed by atoms with Gasteiger partial charge in [-0.25, -0.2) is 15.0 Å². The first kappa shape index (κ1) is 12.6. The number of pyridine rings is 1. The maximum Gasteiger partial charge on any atom is 0.197 e. The molecule has 2 aromatic rings. The van der Waals surface area contributed by atoms with E-state index in [-0.39, 0.29) is 0 Å². The topological polar surface area (TPSA) is 117 Å². The van der Waals surface area contributed by atoms with Crippen LogP contribution < -0.4 is 17.2 Å². The fourth-order valence-corrected chi connectivity index (χ4v) is 2.23. The number of nitrogen functional groups attached to an aromatic ring is 2. The van der Waals surface area contributed by atoms with Crippen molar-refractivity contribution >= 4 is 23.4 Å². The lowest BCUT2D eigenvalue weighted by atomic mass is 10.2. The number of hydrogen-bond acceptors (Lipinski definition) is 7. The Morgan fingerprint density at radius 1 is 1.17 bits per heavy atom. The zero-order valence-electron chi connectivity index (χ0n) is 9.92. The number of nitrogens with two attached hydrogens (primary N) is 3. The lowest BCUT2D eigenvalue weighted by molar-refractivity contribution is 0.958. The van der Waals surface area contributed by atoms with Crippen LogP contribution in [0.15, 0.2) is 28.5 Å². The predicted molar refractivity (Wildman–Crippen MR) is 71.8 cm³/mol. The molecule has 0 spiro atoms. The van der Waals surface area contributed by atoms with Crippen LogP contribution in [0.25, 0.3) is 0 Å². The molecule has 94 valence electrons. The van der Waals surface area contributed by atoms with E-state index in [9.17, 15) is 0 Å². The second-order valence-electron chi connectivity index (χ2n) is 3.77. The maximum atomic E-state index is 5.62. The minimum Gasteiger partial charge on any atom is -0.383 e. The van der Waals surface area contributed by atoms with Gasteiger partial charge in [-0.2, -0.15) is 0 Å². The van der Waals surface area contributed by atoms with E-state index in [0.717, 1.165) is 16.2 Å². The van der Waals surface area contributed by atoms with Gasteiger partial charge in [-0.05, 0) is 29.8 Å². The summed E-state index contributed by atoms with van der Waals surface area (Å²) >= 11 is 1.33. The lowest BCUT2D eigenvalue weighted by Gasteiger charge is -2.06. The van der Waals surface area contributed by atoms with Crippen molar-refractivity contribution in [1.29, 1.82) is 0 Å². The quantitative estimate of drug-likeness (QED) is 0.705. The average Bonchev–Trinajstić information content (AvgIpc) is 2.30. The van der Waals surface area contributed by atoms with Crippen molar-refractivity contribution in [3.63, 3.8) is 0 Å². The van der Waals surface area contributed by atoms with Crippen LogP contribution in [0.3, 0.4) is 0 Å². The molecule has 2 aromatic heterocycles. The van der Waals surface area contributed by atoms with Gasteiger partial charge >= 0.3 is 0 Å². The van der Waals surface area contributed by atoms with Crippen molar-refractivity contribution in [3.05, 3.63) is 29.5 Å². The summed E-state index contributed by atoms with van der Waals surface area (Å²) in [6, 6.07) is 3.51. The summed E-state index contributed by atoms with van der Waals surface area (Å²) in [5, 5.41) is 1.31. The largest absolute Gasteiger partial charge is 0.383 e. The molecular weight excluding hydrogens is 248 g/mol. The molecule has 6 nitrogen and oxygen atoms in total. The summed E-state index contributed by atoms with van der Waals surface area (Å²) in [7, 11) is 0. The van der Waals surface area contributed by atoms with Crippen molar-refractivity contribution < 1.29 is 0 Å². The van der Waals surface area contributed by atoms with Crippen LogP contribution in [-0.4, -0.2) is 15.0 Å². The van der Waals surface area contributed by atoms with Crippen molar-refractivity contribution in [2.24, 2.45) is 5.73 Å². The van der Waals surface area contributed by atoms with Crippen molar-refractivity contribution in [1.82, 2.24) is 15.0 Å². The Morgan fingerprint density at radius 3 is 2.39 bits per heavy atom. The first-order valence-corrected chi connectivity index (χ1v) is 6.13. The SMILES string of the molecule is Cc1cc(CN)cnc1Sc1nc(N)cc(N)n1. The van der Waals surface area contributed by atoms with Gasteiger partial charge in [-0.15, -0.1) is 0 Å². The Morgan fingerprint density at radius 2 is 1.83 bits per heavy atom. The highest BCUT2D eigenvalue weighted by Crippen LogP contribution is 2.27. The van der Waals surface area contributed by atoms with Gasteiger partial charge in [0.15, 0.2) is 5.16 Å². The van der Waals surface area contributed by atoms with Gasteiger partial charge in [-0.1, -0.05) is 6.07 Å². The zero-order valence-corrected chi connectivity index (χ0v) is 10.7. The number of aromatic nitrogens is 3. The molecule has 7 heteroatoms. The van der Waals surface area contributed by atoms with E-state index in [1.54, 1.807) is 6.20 Å². The normalized spacial score (nSPS) is 10.6. The molecule has 0 atom stereocenters.